The molecule has 0 aliphatic rings. The van der Waals surface area contributed by atoms with Crippen LogP contribution in [0.4, 0.5) is 0 Å². The third-order valence-electron chi connectivity index (χ3n) is 0.575. The molecule has 5 nitrogen and oxygen atoms in total. The second-order valence-electron chi connectivity index (χ2n) is 1.78. The van der Waals surface area contributed by atoms with Gasteiger partial charge in [0.25, 0.3) is 0 Å². The number of carbonyl (C=O) groups excluding carboxylic acids is 1. The molecule has 1 N–H and O–H groups in total. The lowest BCUT2D eigenvalue weighted by molar-refractivity contribution is -0.142. The summed E-state index contributed by atoms with van der Waals surface area (Å²) < 4.78 is 24.2. The zero-order valence-electron chi connectivity index (χ0n) is 5.57. The van der Waals surface area contributed by atoms with Crippen LogP contribution in [0.25, 0.3) is 0 Å². The smallest absolute Gasteiger partial charge is 0.350 e. The zero-order valence-corrected chi connectivity index (χ0v) is 6.38. The summed E-state index contributed by atoms with van der Waals surface area (Å²) in [6.07, 6.45) is -0.678. The Labute approximate surface area is 58.7 Å². The number of aliphatic hydroxyl groups excluding tert-OH is 1. The highest BCUT2D eigenvalue weighted by Crippen LogP contribution is 1.91. The third-order valence-corrected chi connectivity index (χ3v) is 1.04. The highest BCUT2D eigenvalue weighted by atomic mass is 32.2. The number of aliphatic hydroxyl groups is 1. The van der Waals surface area contributed by atoms with Crippen molar-refractivity contribution in [2.24, 2.45) is 0 Å². The van der Waals surface area contributed by atoms with E-state index in [4.69, 9.17) is 5.11 Å². The lowest BCUT2D eigenvalue weighted by atomic mass is 10.4. The van der Waals surface area contributed by atoms with E-state index in [1.54, 1.807) is 0 Å². The van der Waals surface area contributed by atoms with Gasteiger partial charge in [-0.25, -0.2) is 4.79 Å². The van der Waals surface area contributed by atoms with E-state index in [9.17, 15) is 13.2 Å². The van der Waals surface area contributed by atoms with Crippen LogP contribution in [0.2, 0.25) is 0 Å². The summed E-state index contributed by atoms with van der Waals surface area (Å²) in [5.41, 5.74) is 0. The van der Waals surface area contributed by atoms with E-state index in [1.165, 1.54) is 0 Å². The molecule has 0 amide bonds. The first-order valence-electron chi connectivity index (χ1n) is 2.44. The Morgan fingerprint density at radius 3 is 2.10 bits per heavy atom. The molecule has 6 heteroatoms. The van der Waals surface area contributed by atoms with Crippen molar-refractivity contribution in [1.82, 2.24) is 0 Å². The summed E-state index contributed by atoms with van der Waals surface area (Å²) in [5.74, 6) is -1.16. The monoisotopic (exact) mass is 168 g/mol. The van der Waals surface area contributed by atoms with Crippen molar-refractivity contribution in [2.75, 3.05) is 6.26 Å². The molecule has 0 saturated heterocycles. The first-order valence-corrected chi connectivity index (χ1v) is 4.26. The fraction of sp³-hybridized carbons (Fsp3) is 0.750. The van der Waals surface area contributed by atoms with Gasteiger partial charge >= 0.3 is 16.1 Å². The van der Waals surface area contributed by atoms with Gasteiger partial charge in [-0.05, 0) is 6.92 Å². The largest absolute Gasteiger partial charge is 0.382 e. The van der Waals surface area contributed by atoms with Crippen LogP contribution in [-0.4, -0.2) is 31.9 Å². The normalized spacial score (nSPS) is 14.3. The molecule has 0 spiro atoms. The molecular weight excluding hydrogens is 160 g/mol. The molecule has 0 heterocycles. The molecule has 0 rings (SSSR count). The highest BCUT2D eigenvalue weighted by Gasteiger charge is 2.15. The van der Waals surface area contributed by atoms with Crippen molar-refractivity contribution in [3.05, 3.63) is 0 Å². The van der Waals surface area contributed by atoms with Crippen molar-refractivity contribution in [1.29, 1.82) is 0 Å². The van der Waals surface area contributed by atoms with Gasteiger partial charge in [0.1, 0.15) is 6.10 Å². The summed E-state index contributed by atoms with van der Waals surface area (Å²) in [7, 11) is -3.78. The summed E-state index contributed by atoms with van der Waals surface area (Å²) in [6.45, 7) is 1.12. The van der Waals surface area contributed by atoms with E-state index < -0.39 is 22.2 Å². The Bertz CT molecular complexity index is 214. The Morgan fingerprint density at radius 2 is 2.00 bits per heavy atom. The van der Waals surface area contributed by atoms with Crippen molar-refractivity contribution < 1.29 is 22.5 Å². The minimum Gasteiger partial charge on any atom is -0.382 e. The molecule has 0 aromatic rings. The van der Waals surface area contributed by atoms with Gasteiger partial charge in [-0.15, -0.1) is 0 Å². The fourth-order valence-corrected chi connectivity index (χ4v) is 0.656. The molecule has 0 fully saturated rings. The van der Waals surface area contributed by atoms with Crippen LogP contribution in [0.5, 0.6) is 0 Å². The quantitative estimate of drug-likeness (QED) is 0.528. The van der Waals surface area contributed by atoms with Gasteiger partial charge in [0, 0.05) is 0 Å². The molecule has 0 aliphatic heterocycles. The van der Waals surface area contributed by atoms with Gasteiger partial charge < -0.3 is 9.29 Å². The highest BCUT2D eigenvalue weighted by molar-refractivity contribution is 7.86. The van der Waals surface area contributed by atoms with Crippen molar-refractivity contribution in [2.45, 2.75) is 13.0 Å². The molecule has 0 saturated carbocycles. The maximum absolute atomic E-state index is 10.3. The molecule has 1 unspecified atom stereocenters. The molecule has 0 aliphatic carbocycles. The Morgan fingerprint density at radius 1 is 1.60 bits per heavy atom. The maximum atomic E-state index is 10.3. The molecule has 0 aromatic heterocycles. The summed E-state index contributed by atoms with van der Waals surface area (Å²) in [4.78, 5) is 10.3. The van der Waals surface area contributed by atoms with E-state index in [0.29, 0.717) is 0 Å². The fourth-order valence-electron chi connectivity index (χ4n) is 0.219. The van der Waals surface area contributed by atoms with Gasteiger partial charge in [0.15, 0.2) is 0 Å². The second-order valence-corrected chi connectivity index (χ2v) is 3.36. The van der Waals surface area contributed by atoms with E-state index in [-0.39, 0.29) is 0 Å². The van der Waals surface area contributed by atoms with Crippen LogP contribution in [0, 0.1) is 0 Å². The Kier molecular flexibility index (Phi) is 2.79. The van der Waals surface area contributed by atoms with Crippen molar-refractivity contribution in [3.63, 3.8) is 0 Å². The summed E-state index contributed by atoms with van der Waals surface area (Å²) in [6, 6.07) is 0. The molecule has 0 aromatic carbocycles. The minimum absolute atomic E-state index is 0.729. The van der Waals surface area contributed by atoms with Gasteiger partial charge in [-0.3, -0.25) is 0 Å². The van der Waals surface area contributed by atoms with Gasteiger partial charge in [0.2, 0.25) is 0 Å². The number of hydrogen-bond acceptors (Lipinski definition) is 5. The van der Waals surface area contributed by atoms with Crippen molar-refractivity contribution >= 4 is 16.1 Å². The standard InChI is InChI=1S/C4H8O5S/c1-3(5)4(6)9-10(2,7)8/h3,5H,1-2H3. The van der Waals surface area contributed by atoms with E-state index in [0.717, 1.165) is 13.2 Å². The summed E-state index contributed by atoms with van der Waals surface area (Å²) >= 11 is 0. The van der Waals surface area contributed by atoms with Crippen LogP contribution in [0.3, 0.4) is 0 Å². The predicted molar refractivity (Wildman–Crippen MR) is 32.6 cm³/mol. The summed E-state index contributed by atoms with van der Waals surface area (Å²) in [5, 5.41) is 8.45. The molecule has 1 atom stereocenters. The van der Waals surface area contributed by atoms with Gasteiger partial charge in [0.05, 0.1) is 6.26 Å². The van der Waals surface area contributed by atoms with Crippen LogP contribution >= 0.6 is 0 Å². The zero-order chi connectivity index (χ0) is 8.36. The molecular formula is C4H8O5S. The van der Waals surface area contributed by atoms with Gasteiger partial charge in [-0.2, -0.15) is 8.42 Å². The van der Waals surface area contributed by atoms with Crippen LogP contribution in [-0.2, 0) is 19.1 Å². The number of hydrogen-bond donors (Lipinski definition) is 1. The minimum atomic E-state index is -3.78. The lowest BCUT2D eigenvalue weighted by Crippen LogP contribution is -2.22. The average molecular weight is 168 g/mol. The van der Waals surface area contributed by atoms with E-state index in [2.05, 4.69) is 4.18 Å². The predicted octanol–water partition coefficient (Wildman–Crippen LogP) is -1.13. The van der Waals surface area contributed by atoms with Crippen molar-refractivity contribution in [3.8, 4) is 0 Å². The first kappa shape index (κ1) is 9.38. The van der Waals surface area contributed by atoms with E-state index in [1.807, 2.05) is 0 Å². The van der Waals surface area contributed by atoms with Crippen LogP contribution in [0.1, 0.15) is 6.92 Å². The lowest BCUT2D eigenvalue weighted by Gasteiger charge is -2.01. The Hall–Kier alpha value is -0.620. The van der Waals surface area contributed by atoms with E-state index >= 15 is 0 Å². The second kappa shape index (κ2) is 2.98. The first-order chi connectivity index (χ1) is 4.33. The SMILES string of the molecule is CC(O)C(=O)OS(C)(=O)=O. The molecule has 10 heavy (non-hydrogen) atoms. The number of rotatable bonds is 2. The molecule has 60 valence electrons. The van der Waals surface area contributed by atoms with Crippen LogP contribution in [0.15, 0.2) is 0 Å². The van der Waals surface area contributed by atoms with Gasteiger partial charge in [-0.1, -0.05) is 0 Å². The maximum Gasteiger partial charge on any atom is 0.350 e. The third kappa shape index (κ3) is 4.28. The molecule has 0 radical (unpaired) electrons. The Balaban J connectivity index is 4.07. The average Bonchev–Trinajstić information content (AvgIpc) is 1.60. The molecule has 0 bridgehead atoms. The topological polar surface area (TPSA) is 80.7 Å². The number of carbonyl (C=O) groups is 1. The van der Waals surface area contributed by atoms with Crippen LogP contribution < -0.4 is 0 Å².